The molecule has 0 radical (unpaired) electrons. The number of anilines is 1. The number of amides is 1. The summed E-state index contributed by atoms with van der Waals surface area (Å²) in [5.74, 6) is -0.321. The Kier molecular flexibility index (Phi) is 3.76. The molecule has 104 valence electrons. The van der Waals surface area contributed by atoms with Crippen molar-refractivity contribution in [1.82, 2.24) is 9.13 Å². The third-order valence-electron chi connectivity index (χ3n) is 2.85. The van der Waals surface area contributed by atoms with Crippen LogP contribution >= 0.6 is 11.6 Å². The van der Waals surface area contributed by atoms with Crippen molar-refractivity contribution >= 4 is 23.3 Å². The summed E-state index contributed by atoms with van der Waals surface area (Å²) in [6, 6.07) is 7.55. The van der Waals surface area contributed by atoms with Crippen LogP contribution in [0.3, 0.4) is 0 Å². The molecular formula is C13H12ClN3O3. The molecule has 2 aromatic rings. The Hall–Kier alpha value is -2.34. The van der Waals surface area contributed by atoms with Crippen LogP contribution in [0.2, 0.25) is 5.02 Å². The van der Waals surface area contributed by atoms with Crippen LogP contribution in [-0.4, -0.2) is 15.0 Å². The summed E-state index contributed by atoms with van der Waals surface area (Å²) in [4.78, 5) is 35.3. The minimum Gasteiger partial charge on any atom is -0.308 e. The van der Waals surface area contributed by atoms with Gasteiger partial charge >= 0.3 is 5.69 Å². The van der Waals surface area contributed by atoms with Crippen molar-refractivity contribution in [2.75, 3.05) is 5.32 Å². The molecule has 0 spiro atoms. The predicted molar refractivity (Wildman–Crippen MR) is 76.3 cm³/mol. The van der Waals surface area contributed by atoms with Crippen LogP contribution in [0.15, 0.2) is 39.9 Å². The SMILES string of the molecule is Cn1c(NC(=O)c2cccc(Cl)c2)cc(=O)n(C)c1=O. The molecule has 1 aromatic heterocycles. The van der Waals surface area contributed by atoms with Crippen molar-refractivity contribution in [1.29, 1.82) is 0 Å². The number of carbonyl (C=O) groups is 1. The second kappa shape index (κ2) is 5.34. The van der Waals surface area contributed by atoms with E-state index in [-0.39, 0.29) is 5.82 Å². The maximum atomic E-state index is 12.0. The van der Waals surface area contributed by atoms with Gasteiger partial charge in [0.05, 0.1) is 0 Å². The summed E-state index contributed by atoms with van der Waals surface area (Å²) < 4.78 is 2.14. The molecule has 0 unspecified atom stereocenters. The summed E-state index contributed by atoms with van der Waals surface area (Å²) in [6.45, 7) is 0. The quantitative estimate of drug-likeness (QED) is 0.897. The van der Waals surface area contributed by atoms with Crippen LogP contribution in [0, 0.1) is 0 Å². The third-order valence-corrected chi connectivity index (χ3v) is 3.09. The maximum Gasteiger partial charge on any atom is 0.332 e. The lowest BCUT2D eigenvalue weighted by Crippen LogP contribution is -2.38. The fourth-order valence-electron chi connectivity index (χ4n) is 1.67. The minimum absolute atomic E-state index is 0.128. The molecule has 1 N–H and O–H groups in total. The largest absolute Gasteiger partial charge is 0.332 e. The average molecular weight is 294 g/mol. The number of carbonyl (C=O) groups excluding carboxylic acids is 1. The van der Waals surface area contributed by atoms with Gasteiger partial charge in [-0.25, -0.2) is 4.79 Å². The van der Waals surface area contributed by atoms with E-state index < -0.39 is 17.2 Å². The van der Waals surface area contributed by atoms with E-state index in [0.29, 0.717) is 10.6 Å². The molecule has 0 aliphatic rings. The minimum atomic E-state index is -0.515. The van der Waals surface area contributed by atoms with E-state index >= 15 is 0 Å². The van der Waals surface area contributed by atoms with Gasteiger partial charge in [0.2, 0.25) is 0 Å². The van der Waals surface area contributed by atoms with Gasteiger partial charge in [0.15, 0.2) is 0 Å². The summed E-state index contributed by atoms with van der Waals surface area (Å²) in [5.41, 5.74) is -0.668. The van der Waals surface area contributed by atoms with Crippen LogP contribution in [0.5, 0.6) is 0 Å². The van der Waals surface area contributed by atoms with Gasteiger partial charge in [-0.05, 0) is 18.2 Å². The smallest absolute Gasteiger partial charge is 0.308 e. The molecule has 0 aliphatic heterocycles. The van der Waals surface area contributed by atoms with Crippen molar-refractivity contribution < 1.29 is 4.79 Å². The molecule has 1 amide bonds. The monoisotopic (exact) mass is 293 g/mol. The highest BCUT2D eigenvalue weighted by atomic mass is 35.5. The molecule has 0 atom stereocenters. The van der Waals surface area contributed by atoms with Gasteiger partial charge in [0, 0.05) is 30.7 Å². The lowest BCUT2D eigenvalue weighted by molar-refractivity contribution is 0.102. The number of benzene rings is 1. The first-order valence-corrected chi connectivity index (χ1v) is 6.12. The Morgan fingerprint density at radius 3 is 2.50 bits per heavy atom. The number of nitrogens with one attached hydrogen (secondary N) is 1. The summed E-state index contributed by atoms with van der Waals surface area (Å²) in [6.07, 6.45) is 0. The van der Waals surface area contributed by atoms with Gasteiger partial charge < -0.3 is 5.32 Å². The molecular weight excluding hydrogens is 282 g/mol. The molecule has 1 heterocycles. The Morgan fingerprint density at radius 2 is 1.85 bits per heavy atom. The topological polar surface area (TPSA) is 73.1 Å². The number of halogens is 1. The van der Waals surface area contributed by atoms with Gasteiger partial charge in [0.25, 0.3) is 11.5 Å². The number of hydrogen-bond acceptors (Lipinski definition) is 3. The molecule has 1 aromatic carbocycles. The van der Waals surface area contributed by atoms with E-state index in [0.717, 1.165) is 4.57 Å². The molecule has 0 aliphatic carbocycles. The van der Waals surface area contributed by atoms with Crippen LogP contribution in [0.1, 0.15) is 10.4 Å². The van der Waals surface area contributed by atoms with E-state index in [2.05, 4.69) is 5.32 Å². The van der Waals surface area contributed by atoms with E-state index in [1.54, 1.807) is 18.2 Å². The Balaban J connectivity index is 2.38. The Bertz CT molecular complexity index is 792. The fraction of sp³-hybridized carbons (Fsp3) is 0.154. The van der Waals surface area contributed by atoms with Crippen molar-refractivity contribution in [3.8, 4) is 0 Å². The number of hydrogen-bond donors (Lipinski definition) is 1. The zero-order valence-electron chi connectivity index (χ0n) is 10.9. The zero-order valence-corrected chi connectivity index (χ0v) is 11.6. The first kappa shape index (κ1) is 14.1. The molecule has 2 rings (SSSR count). The first-order chi connectivity index (χ1) is 9.40. The van der Waals surface area contributed by atoms with Gasteiger partial charge in [-0.1, -0.05) is 17.7 Å². The van der Waals surface area contributed by atoms with Gasteiger partial charge in [0.1, 0.15) is 5.82 Å². The lowest BCUT2D eigenvalue weighted by Gasteiger charge is -2.10. The molecule has 0 fully saturated rings. The number of rotatable bonds is 2. The lowest BCUT2D eigenvalue weighted by atomic mass is 10.2. The van der Waals surface area contributed by atoms with Gasteiger partial charge in [-0.2, -0.15) is 0 Å². The summed E-state index contributed by atoms with van der Waals surface area (Å²) in [5, 5.41) is 2.94. The van der Waals surface area contributed by atoms with E-state index in [1.165, 1.54) is 30.8 Å². The second-order valence-corrected chi connectivity index (χ2v) is 4.67. The van der Waals surface area contributed by atoms with Crippen LogP contribution in [0.25, 0.3) is 0 Å². The molecule has 6 nitrogen and oxygen atoms in total. The van der Waals surface area contributed by atoms with E-state index in [9.17, 15) is 14.4 Å². The normalized spacial score (nSPS) is 10.3. The molecule has 20 heavy (non-hydrogen) atoms. The van der Waals surface area contributed by atoms with Gasteiger partial charge in [-0.15, -0.1) is 0 Å². The predicted octanol–water partition coefficient (Wildman–Crippen LogP) is 0.990. The van der Waals surface area contributed by atoms with Crippen molar-refractivity contribution in [2.45, 2.75) is 0 Å². The van der Waals surface area contributed by atoms with Crippen molar-refractivity contribution in [2.24, 2.45) is 14.1 Å². The summed E-state index contributed by atoms with van der Waals surface area (Å²) >= 11 is 5.81. The first-order valence-electron chi connectivity index (χ1n) is 5.74. The molecule has 0 saturated carbocycles. The van der Waals surface area contributed by atoms with Gasteiger partial charge in [-0.3, -0.25) is 18.7 Å². The van der Waals surface area contributed by atoms with Crippen LogP contribution in [0.4, 0.5) is 5.82 Å². The Labute approximate surface area is 119 Å². The molecule has 0 saturated heterocycles. The summed E-state index contributed by atoms with van der Waals surface area (Å²) in [7, 11) is 2.84. The highest BCUT2D eigenvalue weighted by Crippen LogP contribution is 2.12. The average Bonchev–Trinajstić information content (AvgIpc) is 2.42. The highest BCUT2D eigenvalue weighted by Gasteiger charge is 2.11. The fourth-order valence-corrected chi connectivity index (χ4v) is 1.86. The zero-order chi connectivity index (χ0) is 14.9. The number of aromatic nitrogens is 2. The second-order valence-electron chi connectivity index (χ2n) is 4.23. The van der Waals surface area contributed by atoms with Crippen LogP contribution in [-0.2, 0) is 14.1 Å². The Morgan fingerprint density at radius 1 is 1.15 bits per heavy atom. The van der Waals surface area contributed by atoms with E-state index in [4.69, 9.17) is 11.6 Å². The molecule has 0 bridgehead atoms. The number of nitrogens with zero attached hydrogens (tertiary/aromatic N) is 2. The van der Waals surface area contributed by atoms with Crippen molar-refractivity contribution in [3.63, 3.8) is 0 Å². The van der Waals surface area contributed by atoms with Crippen molar-refractivity contribution in [3.05, 3.63) is 61.8 Å². The van der Waals surface area contributed by atoms with Crippen LogP contribution < -0.4 is 16.6 Å². The third kappa shape index (κ3) is 2.65. The maximum absolute atomic E-state index is 12.0. The highest BCUT2D eigenvalue weighted by molar-refractivity contribution is 6.31. The molecule has 7 heteroatoms. The standard InChI is InChI=1S/C13H12ClN3O3/c1-16-10(7-11(18)17(2)13(16)20)15-12(19)8-4-3-5-9(14)6-8/h3-7H,1-2H3,(H,15,19). The van der Waals surface area contributed by atoms with E-state index in [1.807, 2.05) is 0 Å².